The molecule has 0 radical (unpaired) electrons. The summed E-state index contributed by atoms with van der Waals surface area (Å²) in [6.45, 7) is 1.78. The maximum absolute atomic E-state index is 10.8. The molecule has 0 aliphatic rings. The SMILES string of the molecule is Cc1oc(COc2ccc(Cl)cc2)cc1C(=O)O. The molecule has 0 unspecified atom stereocenters. The molecule has 5 heteroatoms. The summed E-state index contributed by atoms with van der Waals surface area (Å²) in [5.41, 5.74) is 0.157. The number of aryl methyl sites for hydroxylation is 1. The first-order valence-electron chi connectivity index (χ1n) is 5.27. The molecule has 0 atom stereocenters. The molecule has 1 aromatic heterocycles. The zero-order valence-corrected chi connectivity index (χ0v) is 10.4. The van der Waals surface area contributed by atoms with Crippen LogP contribution in [-0.4, -0.2) is 11.1 Å². The van der Waals surface area contributed by atoms with E-state index in [0.29, 0.717) is 22.3 Å². The fourth-order valence-corrected chi connectivity index (χ4v) is 1.64. The molecular formula is C13H11ClO4. The first-order chi connectivity index (χ1) is 8.56. The summed E-state index contributed by atoms with van der Waals surface area (Å²) in [6.07, 6.45) is 0. The minimum absolute atomic E-state index is 0.157. The van der Waals surface area contributed by atoms with Gasteiger partial charge in [-0.25, -0.2) is 4.79 Å². The number of hydrogen-bond acceptors (Lipinski definition) is 3. The Morgan fingerprint density at radius 1 is 1.39 bits per heavy atom. The van der Waals surface area contributed by atoms with Gasteiger partial charge in [-0.05, 0) is 37.3 Å². The van der Waals surface area contributed by atoms with Crippen LogP contribution >= 0.6 is 11.6 Å². The van der Waals surface area contributed by atoms with E-state index in [2.05, 4.69) is 0 Å². The van der Waals surface area contributed by atoms with Crippen molar-refractivity contribution in [3.05, 3.63) is 52.4 Å². The summed E-state index contributed by atoms with van der Waals surface area (Å²) < 4.78 is 10.7. The Morgan fingerprint density at radius 2 is 2.06 bits per heavy atom. The Bertz CT molecular complexity index is 557. The van der Waals surface area contributed by atoms with Crippen LogP contribution in [0.2, 0.25) is 5.02 Å². The van der Waals surface area contributed by atoms with Crippen molar-refractivity contribution in [3.63, 3.8) is 0 Å². The molecule has 1 heterocycles. The smallest absolute Gasteiger partial charge is 0.339 e. The second-order valence-corrected chi connectivity index (χ2v) is 4.17. The van der Waals surface area contributed by atoms with Crippen molar-refractivity contribution >= 4 is 17.6 Å². The number of carboxylic acid groups (broad SMARTS) is 1. The molecular weight excluding hydrogens is 256 g/mol. The van der Waals surface area contributed by atoms with Crippen molar-refractivity contribution in [1.82, 2.24) is 0 Å². The molecule has 0 amide bonds. The highest BCUT2D eigenvalue weighted by Crippen LogP contribution is 2.19. The lowest BCUT2D eigenvalue weighted by Gasteiger charge is -2.03. The zero-order valence-electron chi connectivity index (χ0n) is 9.64. The summed E-state index contributed by atoms with van der Waals surface area (Å²) >= 11 is 5.75. The van der Waals surface area contributed by atoms with Crippen LogP contribution in [0, 0.1) is 6.92 Å². The van der Waals surface area contributed by atoms with E-state index in [1.54, 1.807) is 31.2 Å². The molecule has 18 heavy (non-hydrogen) atoms. The Labute approximate surface area is 109 Å². The lowest BCUT2D eigenvalue weighted by Crippen LogP contribution is -1.96. The van der Waals surface area contributed by atoms with Crippen LogP contribution in [0.4, 0.5) is 0 Å². The first kappa shape index (κ1) is 12.5. The third-order valence-electron chi connectivity index (χ3n) is 2.39. The minimum atomic E-state index is -1.01. The normalized spacial score (nSPS) is 10.3. The molecule has 94 valence electrons. The van der Waals surface area contributed by atoms with Gasteiger partial charge in [0.1, 0.15) is 29.4 Å². The number of carbonyl (C=O) groups is 1. The van der Waals surface area contributed by atoms with E-state index < -0.39 is 5.97 Å². The largest absolute Gasteiger partial charge is 0.486 e. The number of hydrogen-bond donors (Lipinski definition) is 1. The highest BCUT2D eigenvalue weighted by Gasteiger charge is 2.13. The fourth-order valence-electron chi connectivity index (χ4n) is 1.51. The quantitative estimate of drug-likeness (QED) is 0.920. The van der Waals surface area contributed by atoms with Gasteiger partial charge in [0.25, 0.3) is 0 Å². The number of benzene rings is 1. The van der Waals surface area contributed by atoms with Crippen molar-refractivity contribution in [3.8, 4) is 5.75 Å². The summed E-state index contributed by atoms with van der Waals surface area (Å²) in [6, 6.07) is 8.36. The topological polar surface area (TPSA) is 59.7 Å². The summed E-state index contributed by atoms with van der Waals surface area (Å²) in [5.74, 6) is 0.483. The molecule has 0 fully saturated rings. The van der Waals surface area contributed by atoms with Crippen molar-refractivity contribution in [2.45, 2.75) is 13.5 Å². The fraction of sp³-hybridized carbons (Fsp3) is 0.154. The average Bonchev–Trinajstić information content (AvgIpc) is 2.70. The average molecular weight is 267 g/mol. The van der Waals surface area contributed by atoms with E-state index in [9.17, 15) is 4.79 Å². The predicted molar refractivity (Wildman–Crippen MR) is 66.2 cm³/mol. The number of rotatable bonds is 4. The Kier molecular flexibility index (Phi) is 3.58. The van der Waals surface area contributed by atoms with Gasteiger partial charge in [0.05, 0.1) is 0 Å². The Balaban J connectivity index is 2.04. The van der Waals surface area contributed by atoms with Gasteiger partial charge in [0.15, 0.2) is 0 Å². The monoisotopic (exact) mass is 266 g/mol. The van der Waals surface area contributed by atoms with Gasteiger partial charge in [-0.1, -0.05) is 11.6 Å². The van der Waals surface area contributed by atoms with Crippen LogP contribution < -0.4 is 4.74 Å². The lowest BCUT2D eigenvalue weighted by atomic mass is 10.2. The summed E-state index contributed by atoms with van der Waals surface area (Å²) in [5, 5.41) is 9.51. The second kappa shape index (κ2) is 5.14. The third kappa shape index (κ3) is 2.84. The molecule has 0 saturated heterocycles. The summed E-state index contributed by atoms with van der Waals surface area (Å²) in [7, 11) is 0. The van der Waals surface area contributed by atoms with E-state index in [0.717, 1.165) is 0 Å². The van der Waals surface area contributed by atoms with Crippen LogP contribution in [0.5, 0.6) is 5.75 Å². The van der Waals surface area contributed by atoms with Gasteiger partial charge in [-0.3, -0.25) is 0 Å². The molecule has 0 spiro atoms. The number of furan rings is 1. The van der Waals surface area contributed by atoms with Crippen LogP contribution in [-0.2, 0) is 6.61 Å². The molecule has 0 bridgehead atoms. The highest BCUT2D eigenvalue weighted by molar-refractivity contribution is 6.30. The minimum Gasteiger partial charge on any atom is -0.486 e. The van der Waals surface area contributed by atoms with Crippen LogP contribution in [0.3, 0.4) is 0 Å². The van der Waals surface area contributed by atoms with Crippen molar-refractivity contribution in [2.75, 3.05) is 0 Å². The Hall–Kier alpha value is -1.94. The second-order valence-electron chi connectivity index (χ2n) is 3.73. The van der Waals surface area contributed by atoms with Crippen LogP contribution in [0.25, 0.3) is 0 Å². The van der Waals surface area contributed by atoms with Gasteiger partial charge in [0, 0.05) is 5.02 Å². The third-order valence-corrected chi connectivity index (χ3v) is 2.65. The number of halogens is 1. The van der Waals surface area contributed by atoms with Gasteiger partial charge in [0.2, 0.25) is 0 Å². The molecule has 0 aliphatic heterocycles. The Morgan fingerprint density at radius 3 is 2.61 bits per heavy atom. The molecule has 4 nitrogen and oxygen atoms in total. The number of carboxylic acids is 1. The van der Waals surface area contributed by atoms with E-state index in [-0.39, 0.29) is 12.2 Å². The van der Waals surface area contributed by atoms with Gasteiger partial charge < -0.3 is 14.3 Å². The molecule has 2 rings (SSSR count). The van der Waals surface area contributed by atoms with Gasteiger partial charge in [-0.2, -0.15) is 0 Å². The van der Waals surface area contributed by atoms with Gasteiger partial charge >= 0.3 is 5.97 Å². The van der Waals surface area contributed by atoms with Crippen molar-refractivity contribution in [2.24, 2.45) is 0 Å². The van der Waals surface area contributed by atoms with Gasteiger partial charge in [-0.15, -0.1) is 0 Å². The van der Waals surface area contributed by atoms with Crippen LogP contribution in [0.1, 0.15) is 21.9 Å². The van der Waals surface area contributed by atoms with E-state index >= 15 is 0 Å². The number of aromatic carboxylic acids is 1. The first-order valence-corrected chi connectivity index (χ1v) is 5.65. The van der Waals surface area contributed by atoms with E-state index in [1.807, 2.05) is 0 Å². The molecule has 0 saturated carbocycles. The number of ether oxygens (including phenoxy) is 1. The molecule has 2 aromatic rings. The molecule has 0 aliphatic carbocycles. The highest BCUT2D eigenvalue weighted by atomic mass is 35.5. The zero-order chi connectivity index (χ0) is 13.1. The van der Waals surface area contributed by atoms with Crippen LogP contribution in [0.15, 0.2) is 34.7 Å². The van der Waals surface area contributed by atoms with E-state index in [1.165, 1.54) is 6.07 Å². The standard InChI is InChI=1S/C13H11ClO4/c1-8-12(13(15)16)6-11(18-8)7-17-10-4-2-9(14)3-5-10/h2-6H,7H2,1H3,(H,15,16). The summed E-state index contributed by atoms with van der Waals surface area (Å²) in [4.78, 5) is 10.8. The van der Waals surface area contributed by atoms with Crippen molar-refractivity contribution in [1.29, 1.82) is 0 Å². The van der Waals surface area contributed by atoms with E-state index in [4.69, 9.17) is 25.9 Å². The molecule has 1 aromatic carbocycles. The lowest BCUT2D eigenvalue weighted by molar-refractivity contribution is 0.0695. The molecule has 1 N–H and O–H groups in total. The maximum Gasteiger partial charge on any atom is 0.339 e. The van der Waals surface area contributed by atoms with Crippen molar-refractivity contribution < 1.29 is 19.1 Å². The maximum atomic E-state index is 10.8. The predicted octanol–water partition coefficient (Wildman–Crippen LogP) is 3.52.